The minimum absolute atomic E-state index is 0.0506. The molecule has 1 fully saturated rings. The highest BCUT2D eigenvalue weighted by molar-refractivity contribution is 7.90. The summed E-state index contributed by atoms with van der Waals surface area (Å²) in [5.41, 5.74) is 0.499. The van der Waals surface area contributed by atoms with Gasteiger partial charge in [-0.1, -0.05) is 29.8 Å². The first-order chi connectivity index (χ1) is 20.8. The fourth-order valence-electron chi connectivity index (χ4n) is 4.25. The lowest BCUT2D eigenvalue weighted by Crippen LogP contribution is -2.47. The second-order valence-electron chi connectivity index (χ2n) is 9.38. The number of alkyl halides is 3. The molecular formula is C26H27F3N6O8S. The summed E-state index contributed by atoms with van der Waals surface area (Å²) >= 11 is 0. The highest BCUT2D eigenvalue weighted by atomic mass is 32.2. The molecule has 0 spiro atoms. The van der Waals surface area contributed by atoms with Crippen LogP contribution in [0.25, 0.3) is 16.9 Å². The van der Waals surface area contributed by atoms with Gasteiger partial charge in [0.25, 0.3) is 22.7 Å². The summed E-state index contributed by atoms with van der Waals surface area (Å²) < 4.78 is 78.4. The van der Waals surface area contributed by atoms with E-state index in [-0.39, 0.29) is 40.8 Å². The van der Waals surface area contributed by atoms with Gasteiger partial charge in [0.1, 0.15) is 0 Å². The van der Waals surface area contributed by atoms with Gasteiger partial charge in [-0.05, 0) is 57.0 Å². The molecule has 0 saturated carbocycles. The molecule has 44 heavy (non-hydrogen) atoms. The summed E-state index contributed by atoms with van der Waals surface area (Å²) in [6.45, 7) is 2.75. The van der Waals surface area contributed by atoms with E-state index in [2.05, 4.69) is 24.7 Å². The zero-order valence-electron chi connectivity index (χ0n) is 23.4. The molecular weight excluding hydrogens is 613 g/mol. The summed E-state index contributed by atoms with van der Waals surface area (Å²) in [7, 11) is -4.46. The summed E-state index contributed by atoms with van der Waals surface area (Å²) in [6, 6.07) is 11.1. The fraction of sp³-hybridized carbons (Fsp3) is 0.346. The Bertz CT molecular complexity index is 1630. The fourth-order valence-corrected chi connectivity index (χ4v) is 5.26. The number of ether oxygens (including phenoxy) is 2. The van der Waals surface area contributed by atoms with Crippen molar-refractivity contribution in [1.29, 1.82) is 0 Å². The maximum Gasteiger partial charge on any atom is 0.511 e. The number of carbonyl (C=O) groups excluding carboxylic acids is 2. The summed E-state index contributed by atoms with van der Waals surface area (Å²) in [5, 5.41) is 20.1. The van der Waals surface area contributed by atoms with E-state index < -0.39 is 46.8 Å². The number of nitrogens with zero attached hydrogens (tertiary/aromatic N) is 5. The first kappa shape index (κ1) is 32.1. The Kier molecular flexibility index (Phi) is 9.61. The van der Waals surface area contributed by atoms with Crippen molar-refractivity contribution in [2.45, 2.75) is 43.8 Å². The zero-order chi connectivity index (χ0) is 32.1. The Balaban J connectivity index is 1.48. The van der Waals surface area contributed by atoms with Crippen LogP contribution in [0.1, 0.15) is 31.0 Å². The monoisotopic (exact) mass is 640 g/mol. The number of aryl methyl sites for hydroxylation is 1. The van der Waals surface area contributed by atoms with Crippen molar-refractivity contribution in [3.63, 3.8) is 0 Å². The van der Waals surface area contributed by atoms with Gasteiger partial charge in [0.05, 0.1) is 34.4 Å². The second kappa shape index (κ2) is 13.2. The van der Waals surface area contributed by atoms with E-state index in [1.807, 2.05) is 11.6 Å². The molecule has 0 unspecified atom stereocenters. The smallest absolute Gasteiger partial charge is 0.511 e. The molecule has 0 bridgehead atoms. The SMILES string of the molecule is CCOC(=O)OCO/N=[N+](/[O-])N1CCC[C@H]1C(=O)NS(=O)(=O)c1ccc(-n2nc(C(F)(F)F)cc2-c2ccc(C)cc2)cc1. The van der Waals surface area contributed by atoms with Crippen LogP contribution in [0.5, 0.6) is 0 Å². The van der Waals surface area contributed by atoms with Gasteiger partial charge in [-0.3, -0.25) is 4.79 Å². The highest BCUT2D eigenvalue weighted by Crippen LogP contribution is 2.33. The maximum atomic E-state index is 13.5. The van der Waals surface area contributed by atoms with Gasteiger partial charge in [0.2, 0.25) is 5.28 Å². The van der Waals surface area contributed by atoms with Crippen LogP contribution in [0.2, 0.25) is 0 Å². The lowest BCUT2D eigenvalue weighted by atomic mass is 10.1. The van der Waals surface area contributed by atoms with Crippen molar-refractivity contribution < 1.29 is 50.5 Å². The molecule has 4 rings (SSSR count). The standard InChI is InChI=1S/C26H27F3N6O8S/c1-3-41-25(37)42-16-43-32-35(38)33-14-4-5-21(33)24(36)31-44(39,40)20-12-10-19(11-13-20)34-22(15-23(30-34)26(27,28)29)18-8-6-17(2)7-9-18/h6-13,15,21H,3-5,14,16H2,1-2H3,(H,31,36)/b35-32+/t21-/m0/s1. The lowest BCUT2D eigenvalue weighted by molar-refractivity contribution is -0.712. The van der Waals surface area contributed by atoms with Crippen LogP contribution >= 0.6 is 0 Å². The van der Waals surface area contributed by atoms with E-state index in [0.29, 0.717) is 12.0 Å². The van der Waals surface area contributed by atoms with Crippen LogP contribution in [-0.4, -0.2) is 66.2 Å². The van der Waals surface area contributed by atoms with Crippen LogP contribution in [-0.2, 0) is 35.3 Å². The third kappa shape index (κ3) is 7.55. The Morgan fingerprint density at radius 2 is 1.82 bits per heavy atom. The lowest BCUT2D eigenvalue weighted by Gasteiger charge is -2.19. The summed E-state index contributed by atoms with van der Waals surface area (Å²) in [6.07, 6.45) is -5.29. The van der Waals surface area contributed by atoms with Crippen molar-refractivity contribution in [2.24, 2.45) is 5.28 Å². The number of sulfonamides is 1. The number of carbonyl (C=O) groups is 2. The summed E-state index contributed by atoms with van der Waals surface area (Å²) in [4.78, 5) is 28.2. The molecule has 236 valence electrons. The normalized spacial score (nSPS) is 15.6. The number of amides is 1. The van der Waals surface area contributed by atoms with Gasteiger partial charge >= 0.3 is 12.3 Å². The quantitative estimate of drug-likeness (QED) is 0.0852. The Labute approximate surface area is 249 Å². The minimum Gasteiger partial charge on any atom is -0.569 e. The van der Waals surface area contributed by atoms with Crippen LogP contribution in [0.15, 0.2) is 64.8 Å². The third-order valence-electron chi connectivity index (χ3n) is 6.34. The largest absolute Gasteiger partial charge is 0.569 e. The number of halogens is 3. The number of aromatic nitrogens is 2. The van der Waals surface area contributed by atoms with E-state index in [0.717, 1.165) is 33.5 Å². The van der Waals surface area contributed by atoms with E-state index in [1.54, 1.807) is 31.2 Å². The highest BCUT2D eigenvalue weighted by Gasteiger charge is 2.39. The van der Waals surface area contributed by atoms with Gasteiger partial charge < -0.3 is 19.5 Å². The molecule has 1 aliphatic heterocycles. The van der Waals surface area contributed by atoms with E-state index in [9.17, 15) is 36.4 Å². The Morgan fingerprint density at radius 1 is 1.14 bits per heavy atom. The second-order valence-corrected chi connectivity index (χ2v) is 11.1. The van der Waals surface area contributed by atoms with Crippen molar-refractivity contribution in [1.82, 2.24) is 19.5 Å². The Hall–Kier alpha value is -4.87. The molecule has 1 aliphatic rings. The van der Waals surface area contributed by atoms with E-state index >= 15 is 0 Å². The van der Waals surface area contributed by atoms with E-state index in [1.165, 1.54) is 12.1 Å². The Morgan fingerprint density at radius 3 is 2.45 bits per heavy atom. The first-order valence-electron chi connectivity index (χ1n) is 13.1. The van der Waals surface area contributed by atoms with Gasteiger partial charge in [0.15, 0.2) is 11.7 Å². The molecule has 1 amide bonds. The first-order valence-corrected chi connectivity index (χ1v) is 14.6. The number of hydrogen-bond donors (Lipinski definition) is 1. The topological polar surface area (TPSA) is 167 Å². The van der Waals surface area contributed by atoms with Crippen LogP contribution in [0.3, 0.4) is 0 Å². The van der Waals surface area contributed by atoms with Crippen molar-refractivity contribution >= 4 is 22.1 Å². The molecule has 1 saturated heterocycles. The number of rotatable bonds is 10. The molecule has 14 nitrogen and oxygen atoms in total. The molecule has 3 aromatic rings. The van der Waals surface area contributed by atoms with Gasteiger partial charge in [-0.2, -0.15) is 18.3 Å². The van der Waals surface area contributed by atoms with Crippen molar-refractivity contribution in [3.8, 4) is 16.9 Å². The molecule has 2 aromatic carbocycles. The number of hydrazine groups is 1. The molecule has 18 heteroatoms. The average Bonchev–Trinajstić information content (AvgIpc) is 3.64. The molecule has 1 atom stereocenters. The van der Waals surface area contributed by atoms with Gasteiger partial charge in [-0.15, -0.1) is 5.01 Å². The van der Waals surface area contributed by atoms with Gasteiger partial charge in [0, 0.05) is 5.56 Å². The summed E-state index contributed by atoms with van der Waals surface area (Å²) in [5.74, 6) is -1.02. The van der Waals surface area contributed by atoms with E-state index in [4.69, 9.17) is 0 Å². The van der Waals surface area contributed by atoms with Gasteiger partial charge in [-0.25, -0.2) is 22.6 Å². The molecule has 1 aromatic heterocycles. The molecule has 0 aliphatic carbocycles. The third-order valence-corrected chi connectivity index (χ3v) is 7.70. The molecule has 1 N–H and O–H groups in total. The average molecular weight is 641 g/mol. The van der Waals surface area contributed by atoms with Crippen molar-refractivity contribution in [2.75, 3.05) is 19.9 Å². The van der Waals surface area contributed by atoms with Crippen LogP contribution in [0, 0.1) is 12.1 Å². The van der Waals surface area contributed by atoms with Crippen LogP contribution < -0.4 is 4.72 Å². The minimum atomic E-state index is -4.72. The number of benzene rings is 2. The number of nitrogens with one attached hydrogen (secondary N) is 1. The molecule has 0 radical (unpaired) electrons. The van der Waals surface area contributed by atoms with Crippen molar-refractivity contribution in [3.05, 3.63) is 71.1 Å². The molecule has 2 heterocycles. The predicted molar refractivity (Wildman–Crippen MR) is 144 cm³/mol. The predicted octanol–water partition coefficient (Wildman–Crippen LogP) is 4.08. The zero-order valence-corrected chi connectivity index (χ0v) is 24.2. The number of hydrogen-bond acceptors (Lipinski definition) is 10. The van der Waals surface area contributed by atoms with Crippen LogP contribution in [0.4, 0.5) is 18.0 Å². The maximum absolute atomic E-state index is 13.5.